The van der Waals surface area contributed by atoms with Crippen molar-refractivity contribution in [3.63, 3.8) is 0 Å². The number of carbonyl (C=O) groups is 1. The first-order chi connectivity index (χ1) is 15.1. The number of anilines is 2. The van der Waals surface area contributed by atoms with Gasteiger partial charge in [-0.25, -0.2) is 4.79 Å². The summed E-state index contributed by atoms with van der Waals surface area (Å²) in [7, 11) is 0. The molecule has 31 heavy (non-hydrogen) atoms. The Morgan fingerprint density at radius 2 is 1.68 bits per heavy atom. The maximum atomic E-state index is 12.3. The van der Waals surface area contributed by atoms with E-state index in [0.717, 1.165) is 21.7 Å². The van der Waals surface area contributed by atoms with Gasteiger partial charge < -0.3 is 15.1 Å². The van der Waals surface area contributed by atoms with Crippen LogP contribution in [0.3, 0.4) is 0 Å². The lowest BCUT2D eigenvalue weighted by Crippen LogP contribution is -2.19. The Kier molecular flexibility index (Phi) is 6.33. The molecule has 0 fully saturated rings. The standard InChI is InChI=1S/C24H22N4O2S/c1-16-6-8-17(9-7-16)14-22-27-28-23(30-22)18-10-12-19(13-11-18)25-24(29)26-20-4-3-5-21(15-20)31-2/h3-13,15H,14H2,1-2H3,(H2,25,26,29). The number of amides is 2. The number of nitrogens with zero attached hydrogens (tertiary/aromatic N) is 2. The number of carbonyl (C=O) groups excluding carboxylic acids is 1. The second kappa shape index (κ2) is 9.49. The molecule has 3 aromatic carbocycles. The summed E-state index contributed by atoms with van der Waals surface area (Å²) < 4.78 is 5.80. The Balaban J connectivity index is 1.37. The van der Waals surface area contributed by atoms with E-state index in [1.54, 1.807) is 23.9 Å². The average molecular weight is 431 g/mol. The third-order valence-corrected chi connectivity index (χ3v) is 5.39. The van der Waals surface area contributed by atoms with E-state index in [1.165, 1.54) is 5.56 Å². The Morgan fingerprint density at radius 1 is 0.935 bits per heavy atom. The van der Waals surface area contributed by atoms with Crippen molar-refractivity contribution in [1.29, 1.82) is 0 Å². The normalized spacial score (nSPS) is 10.6. The lowest BCUT2D eigenvalue weighted by molar-refractivity contribution is 0.262. The van der Waals surface area contributed by atoms with Gasteiger partial charge in [0.1, 0.15) is 0 Å². The van der Waals surface area contributed by atoms with Gasteiger partial charge in [-0.15, -0.1) is 22.0 Å². The molecule has 0 aliphatic rings. The Bertz CT molecular complexity index is 1170. The predicted octanol–water partition coefficient (Wildman–Crippen LogP) is 6.00. The van der Waals surface area contributed by atoms with Gasteiger partial charge in [-0.2, -0.15) is 0 Å². The minimum atomic E-state index is -0.302. The molecule has 2 amide bonds. The number of nitrogens with one attached hydrogen (secondary N) is 2. The van der Waals surface area contributed by atoms with Crippen LogP contribution in [-0.2, 0) is 6.42 Å². The van der Waals surface area contributed by atoms with Crippen LogP contribution in [0.25, 0.3) is 11.5 Å². The summed E-state index contributed by atoms with van der Waals surface area (Å²) in [5.41, 5.74) is 4.54. The highest BCUT2D eigenvalue weighted by Crippen LogP contribution is 2.22. The second-order valence-corrected chi connectivity index (χ2v) is 7.93. The van der Waals surface area contributed by atoms with Gasteiger partial charge in [-0.1, -0.05) is 35.9 Å². The number of rotatable bonds is 6. The first-order valence-electron chi connectivity index (χ1n) is 9.79. The van der Waals surface area contributed by atoms with E-state index >= 15 is 0 Å². The van der Waals surface area contributed by atoms with E-state index in [9.17, 15) is 4.79 Å². The molecule has 7 heteroatoms. The van der Waals surface area contributed by atoms with Gasteiger partial charge in [0, 0.05) is 21.8 Å². The SMILES string of the molecule is CSc1cccc(NC(=O)Nc2ccc(-c3nnc(Cc4ccc(C)cc4)o3)cc2)c1. The van der Waals surface area contributed by atoms with Crippen LogP contribution in [0.4, 0.5) is 16.2 Å². The summed E-state index contributed by atoms with van der Waals surface area (Å²) >= 11 is 1.62. The van der Waals surface area contributed by atoms with Gasteiger partial charge in [0.2, 0.25) is 11.8 Å². The van der Waals surface area contributed by atoms with Crippen molar-refractivity contribution in [3.05, 3.63) is 89.8 Å². The van der Waals surface area contributed by atoms with E-state index in [0.29, 0.717) is 23.9 Å². The molecule has 0 radical (unpaired) electrons. The Labute approximate surface area is 185 Å². The number of benzene rings is 3. The zero-order chi connectivity index (χ0) is 21.6. The van der Waals surface area contributed by atoms with Crippen molar-refractivity contribution < 1.29 is 9.21 Å². The molecule has 0 saturated heterocycles. The summed E-state index contributed by atoms with van der Waals surface area (Å²) in [6.45, 7) is 2.06. The van der Waals surface area contributed by atoms with Crippen molar-refractivity contribution in [2.75, 3.05) is 16.9 Å². The van der Waals surface area contributed by atoms with E-state index in [-0.39, 0.29) is 6.03 Å². The number of aryl methyl sites for hydroxylation is 1. The summed E-state index contributed by atoms with van der Waals surface area (Å²) in [6, 6.07) is 22.9. The van der Waals surface area contributed by atoms with Gasteiger partial charge in [0.15, 0.2) is 0 Å². The first-order valence-corrected chi connectivity index (χ1v) is 11.0. The minimum Gasteiger partial charge on any atom is -0.420 e. The molecule has 0 unspecified atom stereocenters. The molecule has 2 N–H and O–H groups in total. The van der Waals surface area contributed by atoms with Crippen LogP contribution in [0.2, 0.25) is 0 Å². The average Bonchev–Trinajstić information content (AvgIpc) is 3.24. The molecule has 0 saturated carbocycles. The van der Waals surface area contributed by atoms with Crippen molar-refractivity contribution in [2.24, 2.45) is 0 Å². The molecule has 0 aliphatic carbocycles. The summed E-state index contributed by atoms with van der Waals surface area (Å²) in [6.07, 6.45) is 2.58. The highest BCUT2D eigenvalue weighted by molar-refractivity contribution is 7.98. The van der Waals surface area contributed by atoms with Gasteiger partial charge in [0.05, 0.1) is 6.42 Å². The van der Waals surface area contributed by atoms with Crippen molar-refractivity contribution in [3.8, 4) is 11.5 Å². The fourth-order valence-corrected chi connectivity index (χ4v) is 3.47. The number of urea groups is 1. The molecule has 1 heterocycles. The third-order valence-electron chi connectivity index (χ3n) is 4.66. The van der Waals surface area contributed by atoms with E-state index < -0.39 is 0 Å². The van der Waals surface area contributed by atoms with Crippen LogP contribution in [0.1, 0.15) is 17.0 Å². The predicted molar refractivity (Wildman–Crippen MR) is 125 cm³/mol. The van der Waals surface area contributed by atoms with Crippen LogP contribution in [-0.4, -0.2) is 22.5 Å². The van der Waals surface area contributed by atoms with Gasteiger partial charge in [-0.05, 0) is 61.2 Å². The molecule has 4 aromatic rings. The van der Waals surface area contributed by atoms with Crippen LogP contribution < -0.4 is 10.6 Å². The lowest BCUT2D eigenvalue weighted by Gasteiger charge is -2.08. The smallest absolute Gasteiger partial charge is 0.323 e. The molecule has 1 aromatic heterocycles. The molecule has 0 atom stereocenters. The molecule has 6 nitrogen and oxygen atoms in total. The number of aromatic nitrogens is 2. The van der Waals surface area contributed by atoms with Crippen LogP contribution in [0.15, 0.2) is 82.1 Å². The zero-order valence-corrected chi connectivity index (χ0v) is 18.1. The maximum absolute atomic E-state index is 12.3. The first kappa shape index (κ1) is 20.7. The number of hydrogen-bond acceptors (Lipinski definition) is 5. The van der Waals surface area contributed by atoms with Gasteiger partial charge in [0.25, 0.3) is 0 Å². The van der Waals surface area contributed by atoms with E-state index in [4.69, 9.17) is 4.42 Å². The Hall–Kier alpha value is -3.58. The molecule has 156 valence electrons. The van der Waals surface area contributed by atoms with E-state index in [1.807, 2.05) is 42.7 Å². The third kappa shape index (κ3) is 5.52. The maximum Gasteiger partial charge on any atom is 0.323 e. The molecular formula is C24H22N4O2S. The van der Waals surface area contributed by atoms with Crippen LogP contribution >= 0.6 is 11.8 Å². The molecule has 0 spiro atoms. The molecule has 4 rings (SSSR count). The monoisotopic (exact) mass is 430 g/mol. The largest absolute Gasteiger partial charge is 0.420 e. The topological polar surface area (TPSA) is 80.0 Å². The molecular weight excluding hydrogens is 408 g/mol. The summed E-state index contributed by atoms with van der Waals surface area (Å²) in [5, 5.41) is 14.0. The Morgan fingerprint density at radius 3 is 2.42 bits per heavy atom. The van der Waals surface area contributed by atoms with Crippen LogP contribution in [0.5, 0.6) is 0 Å². The van der Waals surface area contributed by atoms with Crippen molar-refractivity contribution >= 4 is 29.2 Å². The van der Waals surface area contributed by atoms with Crippen molar-refractivity contribution in [2.45, 2.75) is 18.2 Å². The highest BCUT2D eigenvalue weighted by atomic mass is 32.2. The van der Waals surface area contributed by atoms with Gasteiger partial charge in [-0.3, -0.25) is 0 Å². The minimum absolute atomic E-state index is 0.302. The fourth-order valence-electron chi connectivity index (χ4n) is 3.01. The molecule has 0 bridgehead atoms. The summed E-state index contributed by atoms with van der Waals surface area (Å²) in [4.78, 5) is 13.4. The number of thioether (sulfide) groups is 1. The lowest BCUT2D eigenvalue weighted by atomic mass is 10.1. The highest BCUT2D eigenvalue weighted by Gasteiger charge is 2.10. The second-order valence-electron chi connectivity index (χ2n) is 7.05. The zero-order valence-electron chi connectivity index (χ0n) is 17.3. The number of hydrogen-bond donors (Lipinski definition) is 2. The quantitative estimate of drug-likeness (QED) is 0.367. The van der Waals surface area contributed by atoms with Crippen molar-refractivity contribution in [1.82, 2.24) is 10.2 Å². The summed E-state index contributed by atoms with van der Waals surface area (Å²) in [5.74, 6) is 1.01. The van der Waals surface area contributed by atoms with Crippen LogP contribution in [0, 0.1) is 6.92 Å². The molecule has 0 aliphatic heterocycles. The van der Waals surface area contributed by atoms with E-state index in [2.05, 4.69) is 52.0 Å². The fraction of sp³-hybridized carbons (Fsp3) is 0.125. The van der Waals surface area contributed by atoms with Gasteiger partial charge >= 0.3 is 6.03 Å².